The molecule has 1 unspecified atom stereocenters. The molecule has 0 aliphatic heterocycles. The van der Waals surface area contributed by atoms with Crippen LogP contribution in [0.2, 0.25) is 0 Å². The lowest BCUT2D eigenvalue weighted by Crippen LogP contribution is -2.30. The van der Waals surface area contributed by atoms with E-state index < -0.39 is 5.97 Å². The smallest absolute Gasteiger partial charge is 0.303 e. The molecular weight excluding hydrogens is 293 g/mol. The molecule has 4 heteroatoms. The molecule has 1 atom stereocenters. The first-order valence-electron chi connectivity index (χ1n) is 7.88. The van der Waals surface area contributed by atoms with Gasteiger partial charge in [-0.15, -0.1) is 0 Å². The zero-order valence-electron chi connectivity index (χ0n) is 13.3. The van der Waals surface area contributed by atoms with Gasteiger partial charge in [-0.2, -0.15) is 0 Å². The molecule has 0 aromatic heterocycles. The second kappa shape index (κ2) is 8.44. The largest absolute Gasteiger partial charge is 0.481 e. The molecule has 0 spiro atoms. The Bertz CT molecular complexity index is 613. The average molecular weight is 315 g/mol. The summed E-state index contributed by atoms with van der Waals surface area (Å²) in [6.45, 7) is 3.52. The van der Waals surface area contributed by atoms with Crippen LogP contribution in [0.4, 0.5) is 4.39 Å². The maximum absolute atomic E-state index is 13.2. The van der Waals surface area contributed by atoms with E-state index in [2.05, 4.69) is 11.8 Å². The average Bonchev–Trinajstić information content (AvgIpc) is 2.56. The number of nitrogens with zero attached hydrogens (tertiary/aromatic N) is 1. The first-order valence-corrected chi connectivity index (χ1v) is 7.88. The van der Waals surface area contributed by atoms with Crippen LogP contribution in [0, 0.1) is 5.82 Å². The highest BCUT2D eigenvalue weighted by molar-refractivity contribution is 5.66. The van der Waals surface area contributed by atoms with Crippen LogP contribution in [-0.2, 0) is 4.79 Å². The summed E-state index contributed by atoms with van der Waals surface area (Å²) in [6.07, 6.45) is 0.745. The van der Waals surface area contributed by atoms with Gasteiger partial charge < -0.3 is 5.11 Å². The van der Waals surface area contributed by atoms with Crippen LogP contribution < -0.4 is 0 Å². The van der Waals surface area contributed by atoms with Gasteiger partial charge in [0, 0.05) is 6.42 Å². The summed E-state index contributed by atoms with van der Waals surface area (Å²) in [6, 6.07) is 16.6. The van der Waals surface area contributed by atoms with E-state index in [4.69, 9.17) is 5.11 Å². The monoisotopic (exact) mass is 315 g/mol. The molecule has 0 bridgehead atoms. The van der Waals surface area contributed by atoms with Crippen molar-refractivity contribution in [1.82, 2.24) is 4.90 Å². The highest BCUT2D eigenvalue weighted by atomic mass is 19.1. The van der Waals surface area contributed by atoms with Crippen LogP contribution in [0.25, 0.3) is 0 Å². The molecule has 2 rings (SSSR count). The summed E-state index contributed by atoms with van der Waals surface area (Å²) in [5.41, 5.74) is 2.13. The first-order chi connectivity index (χ1) is 11.1. The fraction of sp³-hybridized carbons (Fsp3) is 0.316. The van der Waals surface area contributed by atoms with Gasteiger partial charge in [-0.3, -0.25) is 9.69 Å². The lowest BCUT2D eigenvalue weighted by Gasteiger charge is -2.31. The number of benzene rings is 2. The van der Waals surface area contributed by atoms with Crippen molar-refractivity contribution in [3.63, 3.8) is 0 Å². The zero-order chi connectivity index (χ0) is 16.7. The van der Waals surface area contributed by atoms with Gasteiger partial charge in [0.15, 0.2) is 0 Å². The van der Waals surface area contributed by atoms with Crippen LogP contribution in [0.5, 0.6) is 0 Å². The van der Waals surface area contributed by atoms with Gasteiger partial charge >= 0.3 is 5.97 Å². The molecule has 3 nitrogen and oxygen atoms in total. The fourth-order valence-corrected chi connectivity index (χ4v) is 2.80. The van der Waals surface area contributed by atoms with Gasteiger partial charge in [-0.1, -0.05) is 49.4 Å². The highest BCUT2D eigenvalue weighted by Crippen LogP contribution is 2.29. The second-order valence-corrected chi connectivity index (χ2v) is 5.49. The Hall–Kier alpha value is -2.20. The van der Waals surface area contributed by atoms with Crippen LogP contribution in [-0.4, -0.2) is 29.1 Å². The van der Waals surface area contributed by atoms with Crippen molar-refractivity contribution in [1.29, 1.82) is 0 Å². The van der Waals surface area contributed by atoms with Crippen LogP contribution in [0.15, 0.2) is 54.6 Å². The Labute approximate surface area is 136 Å². The second-order valence-electron chi connectivity index (χ2n) is 5.49. The highest BCUT2D eigenvalue weighted by Gasteiger charge is 2.21. The molecule has 0 aliphatic rings. The van der Waals surface area contributed by atoms with Crippen molar-refractivity contribution < 1.29 is 14.3 Å². The maximum Gasteiger partial charge on any atom is 0.303 e. The number of carbonyl (C=O) groups is 1. The summed E-state index contributed by atoms with van der Waals surface area (Å²) < 4.78 is 13.2. The molecular formula is C19H22FNO2. The van der Waals surface area contributed by atoms with Crippen molar-refractivity contribution >= 4 is 5.97 Å². The minimum Gasteiger partial charge on any atom is -0.481 e. The third-order valence-corrected chi connectivity index (χ3v) is 3.91. The topological polar surface area (TPSA) is 40.5 Å². The van der Waals surface area contributed by atoms with E-state index in [0.717, 1.165) is 17.7 Å². The van der Waals surface area contributed by atoms with Crippen molar-refractivity contribution in [2.45, 2.75) is 25.8 Å². The third kappa shape index (κ3) is 4.89. The van der Waals surface area contributed by atoms with Gasteiger partial charge in [0.05, 0.1) is 6.04 Å². The van der Waals surface area contributed by atoms with Gasteiger partial charge in [0.2, 0.25) is 0 Å². The summed E-state index contributed by atoms with van der Waals surface area (Å²) in [7, 11) is 0. The van der Waals surface area contributed by atoms with E-state index in [-0.39, 0.29) is 18.3 Å². The molecule has 0 saturated heterocycles. The minimum atomic E-state index is -0.779. The van der Waals surface area contributed by atoms with E-state index >= 15 is 0 Å². The Morgan fingerprint density at radius 2 is 1.70 bits per heavy atom. The van der Waals surface area contributed by atoms with Gasteiger partial charge in [-0.25, -0.2) is 4.39 Å². The summed E-state index contributed by atoms with van der Waals surface area (Å²) in [4.78, 5) is 13.0. The predicted octanol–water partition coefficient (Wildman–Crippen LogP) is 4.10. The lowest BCUT2D eigenvalue weighted by molar-refractivity contribution is -0.137. The normalized spacial score (nSPS) is 12.3. The number of hydrogen-bond acceptors (Lipinski definition) is 2. The molecule has 2 aromatic carbocycles. The zero-order valence-corrected chi connectivity index (χ0v) is 13.3. The minimum absolute atomic E-state index is 0.00408. The number of carboxylic acid groups (broad SMARTS) is 1. The number of aliphatic carboxylic acids is 1. The molecule has 0 heterocycles. The summed E-state index contributed by atoms with van der Waals surface area (Å²) in [5, 5.41) is 8.84. The van der Waals surface area contributed by atoms with Crippen molar-refractivity contribution in [3.8, 4) is 0 Å². The predicted molar refractivity (Wildman–Crippen MR) is 88.8 cm³/mol. The van der Waals surface area contributed by atoms with Crippen LogP contribution in [0.3, 0.4) is 0 Å². The van der Waals surface area contributed by atoms with Crippen LogP contribution in [0.1, 0.15) is 36.9 Å². The van der Waals surface area contributed by atoms with Crippen LogP contribution >= 0.6 is 0 Å². The molecule has 0 fully saturated rings. The SMILES string of the molecule is CCN(CCCC(=O)O)C(c1ccccc1)c1ccc(F)cc1. The van der Waals surface area contributed by atoms with E-state index in [1.807, 2.05) is 30.3 Å². The molecule has 0 aliphatic carbocycles. The Balaban J connectivity index is 2.28. The Morgan fingerprint density at radius 3 is 2.26 bits per heavy atom. The molecule has 0 radical (unpaired) electrons. The summed E-state index contributed by atoms with van der Waals surface area (Å²) in [5.74, 6) is -1.03. The molecule has 122 valence electrons. The van der Waals surface area contributed by atoms with Crippen molar-refractivity contribution in [2.75, 3.05) is 13.1 Å². The van der Waals surface area contributed by atoms with Crippen molar-refractivity contribution in [3.05, 3.63) is 71.5 Å². The number of hydrogen-bond donors (Lipinski definition) is 1. The molecule has 1 N–H and O–H groups in total. The Kier molecular flexibility index (Phi) is 6.29. The van der Waals surface area contributed by atoms with E-state index in [1.165, 1.54) is 12.1 Å². The quantitative estimate of drug-likeness (QED) is 0.797. The van der Waals surface area contributed by atoms with E-state index in [1.54, 1.807) is 12.1 Å². The molecule has 23 heavy (non-hydrogen) atoms. The first kappa shape index (κ1) is 17.2. The number of carboxylic acids is 1. The molecule has 0 saturated carbocycles. The molecule has 0 amide bonds. The standard InChI is InChI=1S/C19H22FNO2/c1-2-21(14-6-9-18(22)23)19(15-7-4-3-5-8-15)16-10-12-17(20)13-11-16/h3-5,7-8,10-13,19H,2,6,9,14H2,1H3,(H,22,23). The fourth-order valence-electron chi connectivity index (χ4n) is 2.80. The van der Waals surface area contributed by atoms with Gasteiger partial charge in [0.25, 0.3) is 0 Å². The maximum atomic E-state index is 13.2. The van der Waals surface area contributed by atoms with Gasteiger partial charge in [0.1, 0.15) is 5.82 Å². The number of rotatable bonds is 8. The van der Waals surface area contributed by atoms with Gasteiger partial charge in [-0.05, 0) is 42.8 Å². The Morgan fingerprint density at radius 1 is 1.09 bits per heavy atom. The van der Waals surface area contributed by atoms with Crippen molar-refractivity contribution in [2.24, 2.45) is 0 Å². The summed E-state index contributed by atoms with van der Waals surface area (Å²) >= 11 is 0. The van der Waals surface area contributed by atoms with E-state index in [9.17, 15) is 9.18 Å². The molecule has 2 aromatic rings. The van der Waals surface area contributed by atoms with E-state index in [0.29, 0.717) is 13.0 Å². The number of halogens is 1. The lowest BCUT2D eigenvalue weighted by atomic mass is 9.96. The third-order valence-electron chi connectivity index (χ3n) is 3.91.